The minimum Gasteiger partial charge on any atom is -0.497 e. The highest BCUT2D eigenvalue weighted by atomic mass is 16.5. The molecular formula is C23H25N3O3. The van der Waals surface area contributed by atoms with Crippen molar-refractivity contribution in [2.45, 2.75) is 25.7 Å². The van der Waals surface area contributed by atoms with E-state index in [2.05, 4.69) is 9.98 Å². The highest BCUT2D eigenvalue weighted by molar-refractivity contribution is 6.21. The number of hydrogen-bond acceptors (Lipinski definition) is 4. The van der Waals surface area contributed by atoms with Gasteiger partial charge in [-0.25, -0.2) is 4.99 Å². The van der Waals surface area contributed by atoms with Crippen molar-refractivity contribution in [3.8, 4) is 5.75 Å². The van der Waals surface area contributed by atoms with Crippen LogP contribution in [0.3, 0.4) is 0 Å². The van der Waals surface area contributed by atoms with E-state index in [-0.39, 0.29) is 30.2 Å². The largest absolute Gasteiger partial charge is 0.497 e. The lowest BCUT2D eigenvalue weighted by Gasteiger charge is -2.32. The van der Waals surface area contributed by atoms with Gasteiger partial charge in [-0.1, -0.05) is 36.8 Å². The van der Waals surface area contributed by atoms with Gasteiger partial charge in [0.25, 0.3) is 5.91 Å². The molecule has 0 N–H and O–H groups in total. The topological polar surface area (TPSA) is 71.3 Å². The normalized spacial score (nSPS) is 20.4. The quantitative estimate of drug-likeness (QED) is 0.717. The molecule has 1 unspecified atom stereocenters. The Morgan fingerprint density at radius 2 is 1.97 bits per heavy atom. The van der Waals surface area contributed by atoms with Gasteiger partial charge in [-0.2, -0.15) is 4.99 Å². The molecule has 0 saturated heterocycles. The maximum atomic E-state index is 13.0. The molecule has 0 radical (unpaired) electrons. The Morgan fingerprint density at radius 3 is 2.66 bits per heavy atom. The number of allylic oxidation sites excluding steroid dienone is 3. The lowest BCUT2D eigenvalue weighted by atomic mass is 9.84. The van der Waals surface area contributed by atoms with E-state index in [9.17, 15) is 9.59 Å². The van der Waals surface area contributed by atoms with Gasteiger partial charge in [-0.3, -0.25) is 9.59 Å². The predicted molar refractivity (Wildman–Crippen MR) is 112 cm³/mol. The summed E-state index contributed by atoms with van der Waals surface area (Å²) < 4.78 is 5.20. The van der Waals surface area contributed by atoms with Gasteiger partial charge in [0.2, 0.25) is 5.91 Å². The first kappa shape index (κ1) is 19.3. The van der Waals surface area contributed by atoms with Crippen LogP contribution in [0.15, 0.2) is 58.6 Å². The van der Waals surface area contributed by atoms with Crippen LogP contribution in [0, 0.1) is 11.8 Å². The first-order valence-electron chi connectivity index (χ1n) is 10.1. The Labute approximate surface area is 170 Å². The molecule has 2 amide bonds. The standard InChI is InChI=1S/C23H25N3O3/c1-29-18-11-9-16(10-12-18)13-14-26(23(28)17-5-4-6-17)15-21-24-20-8-3-2-7-19(20)22(27)25-21/h2-3,7-12,17,19H,4-6,13-15H2,1H3. The summed E-state index contributed by atoms with van der Waals surface area (Å²) >= 11 is 0. The first-order valence-corrected chi connectivity index (χ1v) is 10.1. The number of benzene rings is 1. The minimum absolute atomic E-state index is 0.0867. The fourth-order valence-electron chi connectivity index (χ4n) is 3.70. The molecule has 2 aliphatic carbocycles. The number of fused-ring (bicyclic) bond motifs is 1. The van der Waals surface area contributed by atoms with E-state index in [0.29, 0.717) is 18.1 Å². The summed E-state index contributed by atoms with van der Waals surface area (Å²) in [6.45, 7) is 0.837. The Morgan fingerprint density at radius 1 is 1.17 bits per heavy atom. The minimum atomic E-state index is -0.390. The van der Waals surface area contributed by atoms with Crippen molar-refractivity contribution in [1.82, 2.24) is 4.90 Å². The average molecular weight is 391 g/mol. The van der Waals surface area contributed by atoms with E-state index in [1.54, 1.807) is 7.11 Å². The summed E-state index contributed by atoms with van der Waals surface area (Å²) in [5.41, 5.74) is 1.83. The van der Waals surface area contributed by atoms with Crippen molar-refractivity contribution in [3.05, 3.63) is 54.1 Å². The van der Waals surface area contributed by atoms with E-state index in [0.717, 1.165) is 37.0 Å². The lowest BCUT2D eigenvalue weighted by molar-refractivity contribution is -0.137. The van der Waals surface area contributed by atoms with Gasteiger partial charge >= 0.3 is 0 Å². The molecule has 0 spiro atoms. The molecule has 150 valence electrons. The Kier molecular flexibility index (Phi) is 5.69. The molecule has 0 aromatic heterocycles. The maximum Gasteiger partial charge on any atom is 0.260 e. The average Bonchev–Trinajstić information content (AvgIpc) is 2.70. The van der Waals surface area contributed by atoms with E-state index < -0.39 is 0 Å². The second kappa shape index (κ2) is 8.55. The fraction of sp³-hybridized carbons (Fsp3) is 0.391. The second-order valence-corrected chi connectivity index (χ2v) is 7.61. The summed E-state index contributed by atoms with van der Waals surface area (Å²) in [4.78, 5) is 35.9. The number of rotatable bonds is 7. The van der Waals surface area contributed by atoms with E-state index in [1.807, 2.05) is 53.5 Å². The number of amides is 2. The molecule has 4 rings (SSSR count). The van der Waals surface area contributed by atoms with Gasteiger partial charge in [0.05, 0.1) is 19.4 Å². The van der Waals surface area contributed by atoms with Gasteiger partial charge in [0.1, 0.15) is 11.7 Å². The van der Waals surface area contributed by atoms with Crippen LogP contribution in [0.5, 0.6) is 5.75 Å². The third-order valence-electron chi connectivity index (χ3n) is 5.69. The van der Waals surface area contributed by atoms with E-state index in [4.69, 9.17) is 4.74 Å². The number of amidine groups is 1. The number of hydrogen-bond donors (Lipinski definition) is 0. The van der Waals surface area contributed by atoms with Crippen molar-refractivity contribution in [2.75, 3.05) is 20.2 Å². The van der Waals surface area contributed by atoms with Gasteiger partial charge in [0, 0.05) is 12.5 Å². The molecule has 1 saturated carbocycles. The van der Waals surface area contributed by atoms with Crippen LogP contribution in [-0.2, 0) is 16.0 Å². The van der Waals surface area contributed by atoms with Gasteiger partial charge in [-0.15, -0.1) is 0 Å². The second-order valence-electron chi connectivity index (χ2n) is 7.61. The maximum absolute atomic E-state index is 13.0. The molecule has 1 aromatic carbocycles. The summed E-state index contributed by atoms with van der Waals surface area (Å²) in [7, 11) is 1.64. The lowest BCUT2D eigenvalue weighted by Crippen LogP contribution is -2.43. The van der Waals surface area contributed by atoms with Gasteiger partial charge in [0.15, 0.2) is 5.84 Å². The number of nitrogens with zero attached hydrogens (tertiary/aromatic N) is 3. The van der Waals surface area contributed by atoms with Crippen LogP contribution in [-0.4, -0.2) is 48.5 Å². The molecular weight excluding hydrogens is 366 g/mol. The number of ether oxygens (including phenoxy) is 1. The third kappa shape index (κ3) is 4.36. The van der Waals surface area contributed by atoms with Crippen LogP contribution < -0.4 is 4.74 Å². The third-order valence-corrected chi connectivity index (χ3v) is 5.69. The molecule has 3 aliphatic rings. The van der Waals surface area contributed by atoms with Crippen molar-refractivity contribution in [2.24, 2.45) is 21.8 Å². The van der Waals surface area contributed by atoms with Crippen LogP contribution in [0.2, 0.25) is 0 Å². The number of aliphatic imine (C=N–C) groups is 2. The van der Waals surface area contributed by atoms with Crippen molar-refractivity contribution in [1.29, 1.82) is 0 Å². The number of carbonyl (C=O) groups is 2. The smallest absolute Gasteiger partial charge is 0.260 e. The zero-order valence-electron chi connectivity index (χ0n) is 16.6. The molecule has 0 bridgehead atoms. The fourth-order valence-corrected chi connectivity index (χ4v) is 3.70. The molecule has 6 heteroatoms. The zero-order chi connectivity index (χ0) is 20.2. The highest BCUT2D eigenvalue weighted by Gasteiger charge is 2.32. The number of methoxy groups -OCH3 is 1. The molecule has 6 nitrogen and oxygen atoms in total. The Bertz CT molecular complexity index is 908. The van der Waals surface area contributed by atoms with Gasteiger partial charge in [-0.05, 0) is 43.0 Å². The zero-order valence-corrected chi connectivity index (χ0v) is 16.6. The van der Waals surface area contributed by atoms with Crippen LogP contribution >= 0.6 is 0 Å². The molecule has 1 heterocycles. The van der Waals surface area contributed by atoms with E-state index >= 15 is 0 Å². The van der Waals surface area contributed by atoms with Crippen LogP contribution in [0.4, 0.5) is 0 Å². The number of carbonyl (C=O) groups excluding carboxylic acids is 2. The first-order chi connectivity index (χ1) is 14.1. The van der Waals surface area contributed by atoms with Crippen LogP contribution in [0.1, 0.15) is 24.8 Å². The monoisotopic (exact) mass is 391 g/mol. The predicted octanol–water partition coefficient (Wildman–Crippen LogP) is 2.99. The SMILES string of the molecule is COc1ccc(CCN(CC2=NC(=O)C3C=CC=CC3=N2)C(=O)C2CCC2)cc1. The van der Waals surface area contributed by atoms with Gasteiger partial charge < -0.3 is 9.64 Å². The molecule has 29 heavy (non-hydrogen) atoms. The molecule has 1 aliphatic heterocycles. The Hall–Kier alpha value is -3.02. The molecule has 1 atom stereocenters. The van der Waals surface area contributed by atoms with Crippen molar-refractivity contribution < 1.29 is 14.3 Å². The van der Waals surface area contributed by atoms with Crippen molar-refractivity contribution >= 4 is 23.4 Å². The van der Waals surface area contributed by atoms with E-state index in [1.165, 1.54) is 0 Å². The molecule has 1 aromatic rings. The molecule has 1 fully saturated rings. The summed E-state index contributed by atoms with van der Waals surface area (Å²) in [6, 6.07) is 7.87. The highest BCUT2D eigenvalue weighted by Crippen LogP contribution is 2.28. The summed E-state index contributed by atoms with van der Waals surface area (Å²) in [5.74, 6) is 0.857. The Balaban J connectivity index is 1.47. The summed E-state index contributed by atoms with van der Waals surface area (Å²) in [6.07, 6.45) is 11.1. The van der Waals surface area contributed by atoms with Crippen molar-refractivity contribution in [3.63, 3.8) is 0 Å². The summed E-state index contributed by atoms with van der Waals surface area (Å²) in [5, 5.41) is 0. The van der Waals surface area contributed by atoms with Crippen LogP contribution in [0.25, 0.3) is 0 Å².